The minimum atomic E-state index is -3.61. The molecule has 1 unspecified atom stereocenters. The molecule has 0 aliphatic rings. The highest BCUT2D eigenvalue weighted by atomic mass is 32.2. The molecule has 1 aromatic carbocycles. The van der Waals surface area contributed by atoms with Crippen LogP contribution in [0.25, 0.3) is 0 Å². The largest absolute Gasteiger partial charge is 0.508 e. The van der Waals surface area contributed by atoms with Crippen LogP contribution in [-0.4, -0.2) is 33.3 Å². The normalized spacial score (nSPS) is 13.5. The molecule has 5 nitrogen and oxygen atoms in total. The monoisotopic (exact) mass is 259 g/mol. The third-order valence-electron chi connectivity index (χ3n) is 2.31. The Morgan fingerprint density at radius 3 is 2.71 bits per heavy atom. The fourth-order valence-electron chi connectivity index (χ4n) is 1.37. The van der Waals surface area contributed by atoms with Gasteiger partial charge in [0.05, 0.1) is 11.5 Å². The molecule has 0 bridgehead atoms. The van der Waals surface area contributed by atoms with Gasteiger partial charge >= 0.3 is 0 Å². The zero-order chi connectivity index (χ0) is 12.9. The van der Waals surface area contributed by atoms with Crippen molar-refractivity contribution in [2.45, 2.75) is 24.3 Å². The smallest absolute Gasteiger partial charge is 0.241 e. The molecule has 96 valence electrons. The first-order valence-electron chi connectivity index (χ1n) is 5.30. The first kappa shape index (κ1) is 14.0. The molecule has 0 spiro atoms. The standard InChI is InChI=1S/C11H17NO4S/c1-3-9(8-16-2)12-17(14,15)11-6-4-5-10(13)7-11/h4-7,9,12-13H,3,8H2,1-2H3. The fourth-order valence-corrected chi connectivity index (χ4v) is 2.72. The summed E-state index contributed by atoms with van der Waals surface area (Å²) in [6, 6.07) is 5.28. The van der Waals surface area contributed by atoms with Crippen molar-refractivity contribution in [3.8, 4) is 5.75 Å². The van der Waals surface area contributed by atoms with Crippen molar-refractivity contribution in [3.05, 3.63) is 24.3 Å². The summed E-state index contributed by atoms with van der Waals surface area (Å²) in [5.41, 5.74) is 0. The molecule has 2 N–H and O–H groups in total. The molecule has 0 radical (unpaired) electrons. The number of phenolic OH excluding ortho intramolecular Hbond substituents is 1. The van der Waals surface area contributed by atoms with E-state index in [1.54, 1.807) is 0 Å². The Balaban J connectivity index is 2.88. The number of aromatic hydroxyl groups is 1. The Labute approximate surface area is 101 Å². The van der Waals surface area contributed by atoms with E-state index in [-0.39, 0.29) is 16.7 Å². The number of hydrogen-bond donors (Lipinski definition) is 2. The van der Waals surface area contributed by atoms with Crippen LogP contribution in [0.5, 0.6) is 5.75 Å². The second-order valence-corrected chi connectivity index (χ2v) is 5.39. The van der Waals surface area contributed by atoms with E-state index in [0.717, 1.165) is 0 Å². The maximum atomic E-state index is 12.0. The lowest BCUT2D eigenvalue weighted by molar-refractivity contribution is 0.173. The van der Waals surface area contributed by atoms with Crippen molar-refractivity contribution in [2.24, 2.45) is 0 Å². The van der Waals surface area contributed by atoms with Crippen molar-refractivity contribution in [3.63, 3.8) is 0 Å². The minimum absolute atomic E-state index is 0.0482. The van der Waals surface area contributed by atoms with Gasteiger partial charge in [-0.3, -0.25) is 0 Å². The molecular weight excluding hydrogens is 242 g/mol. The molecule has 1 atom stereocenters. The van der Waals surface area contributed by atoms with Gasteiger partial charge in [-0.15, -0.1) is 0 Å². The molecule has 0 saturated heterocycles. The van der Waals surface area contributed by atoms with Crippen LogP contribution in [0.15, 0.2) is 29.2 Å². The van der Waals surface area contributed by atoms with Gasteiger partial charge < -0.3 is 9.84 Å². The van der Waals surface area contributed by atoms with E-state index in [1.165, 1.54) is 31.4 Å². The number of sulfonamides is 1. The Bertz CT molecular complexity index is 458. The third kappa shape index (κ3) is 3.99. The van der Waals surface area contributed by atoms with Crippen molar-refractivity contribution in [1.82, 2.24) is 4.72 Å². The quantitative estimate of drug-likeness (QED) is 0.802. The summed E-state index contributed by atoms with van der Waals surface area (Å²) < 4.78 is 31.3. The zero-order valence-corrected chi connectivity index (χ0v) is 10.7. The van der Waals surface area contributed by atoms with Crippen LogP contribution in [0.1, 0.15) is 13.3 Å². The minimum Gasteiger partial charge on any atom is -0.508 e. The molecule has 0 aliphatic heterocycles. The number of rotatable bonds is 6. The molecule has 6 heteroatoms. The summed E-state index contributed by atoms with van der Waals surface area (Å²) in [7, 11) is -2.09. The van der Waals surface area contributed by atoms with E-state index in [2.05, 4.69) is 4.72 Å². The summed E-state index contributed by atoms with van der Waals surface area (Å²) in [6.07, 6.45) is 0.631. The molecule has 1 rings (SSSR count). The van der Waals surface area contributed by atoms with Crippen molar-refractivity contribution in [2.75, 3.05) is 13.7 Å². The number of ether oxygens (including phenoxy) is 1. The molecule has 0 aromatic heterocycles. The Hall–Kier alpha value is -1.11. The summed E-state index contributed by atoms with van der Waals surface area (Å²) in [6.45, 7) is 2.18. The molecule has 0 heterocycles. The van der Waals surface area contributed by atoms with Crippen molar-refractivity contribution >= 4 is 10.0 Å². The molecule has 0 amide bonds. The molecule has 0 aliphatic carbocycles. The van der Waals surface area contributed by atoms with Gasteiger partial charge in [-0.1, -0.05) is 13.0 Å². The second-order valence-electron chi connectivity index (χ2n) is 3.68. The van der Waals surface area contributed by atoms with Gasteiger partial charge in [-0.25, -0.2) is 13.1 Å². The van der Waals surface area contributed by atoms with Crippen LogP contribution in [0.4, 0.5) is 0 Å². The first-order chi connectivity index (χ1) is 7.99. The molecule has 0 fully saturated rings. The maximum Gasteiger partial charge on any atom is 0.241 e. The van der Waals surface area contributed by atoms with E-state index >= 15 is 0 Å². The lowest BCUT2D eigenvalue weighted by atomic mass is 10.3. The van der Waals surface area contributed by atoms with Gasteiger partial charge in [0.25, 0.3) is 0 Å². The van der Waals surface area contributed by atoms with Gasteiger partial charge in [0.15, 0.2) is 0 Å². The highest BCUT2D eigenvalue weighted by Gasteiger charge is 2.19. The average Bonchev–Trinajstić information content (AvgIpc) is 2.28. The Morgan fingerprint density at radius 2 is 2.18 bits per heavy atom. The molecule has 17 heavy (non-hydrogen) atoms. The SMILES string of the molecule is CCC(COC)NS(=O)(=O)c1cccc(O)c1. The number of phenols is 1. The van der Waals surface area contributed by atoms with E-state index in [1.807, 2.05) is 6.92 Å². The molecular formula is C11H17NO4S. The summed E-state index contributed by atoms with van der Waals surface area (Å²) in [4.78, 5) is 0.0482. The van der Waals surface area contributed by atoms with Crippen LogP contribution in [0, 0.1) is 0 Å². The highest BCUT2D eigenvalue weighted by molar-refractivity contribution is 7.89. The topological polar surface area (TPSA) is 75.6 Å². The lowest BCUT2D eigenvalue weighted by Crippen LogP contribution is -2.37. The first-order valence-corrected chi connectivity index (χ1v) is 6.78. The molecule has 0 saturated carbocycles. The van der Waals surface area contributed by atoms with Gasteiger partial charge in [0.2, 0.25) is 10.0 Å². The predicted molar refractivity (Wildman–Crippen MR) is 64.4 cm³/mol. The second kappa shape index (κ2) is 6.00. The van der Waals surface area contributed by atoms with Gasteiger partial charge in [-0.05, 0) is 24.6 Å². The number of methoxy groups -OCH3 is 1. The van der Waals surface area contributed by atoms with Crippen LogP contribution in [-0.2, 0) is 14.8 Å². The van der Waals surface area contributed by atoms with Gasteiger partial charge in [0, 0.05) is 13.2 Å². The van der Waals surface area contributed by atoms with Crippen molar-refractivity contribution < 1.29 is 18.3 Å². The lowest BCUT2D eigenvalue weighted by Gasteiger charge is -2.16. The summed E-state index contributed by atoms with van der Waals surface area (Å²) >= 11 is 0. The number of nitrogens with one attached hydrogen (secondary N) is 1. The fraction of sp³-hybridized carbons (Fsp3) is 0.455. The average molecular weight is 259 g/mol. The van der Waals surface area contributed by atoms with Crippen LogP contribution in [0.2, 0.25) is 0 Å². The van der Waals surface area contributed by atoms with Crippen LogP contribution >= 0.6 is 0 Å². The van der Waals surface area contributed by atoms with E-state index < -0.39 is 10.0 Å². The third-order valence-corrected chi connectivity index (χ3v) is 3.83. The number of benzene rings is 1. The van der Waals surface area contributed by atoms with Gasteiger partial charge in [0.1, 0.15) is 5.75 Å². The van der Waals surface area contributed by atoms with Crippen LogP contribution < -0.4 is 4.72 Å². The van der Waals surface area contributed by atoms with Gasteiger partial charge in [-0.2, -0.15) is 0 Å². The maximum absolute atomic E-state index is 12.0. The Kier molecular flexibility index (Phi) is 4.92. The zero-order valence-electron chi connectivity index (χ0n) is 9.88. The highest BCUT2D eigenvalue weighted by Crippen LogP contribution is 2.16. The summed E-state index contributed by atoms with van der Waals surface area (Å²) in [5, 5.41) is 9.25. The number of hydrogen-bond acceptors (Lipinski definition) is 4. The van der Waals surface area contributed by atoms with Crippen LogP contribution in [0.3, 0.4) is 0 Å². The van der Waals surface area contributed by atoms with E-state index in [4.69, 9.17) is 4.74 Å². The molecule has 1 aromatic rings. The Morgan fingerprint density at radius 1 is 1.47 bits per heavy atom. The van der Waals surface area contributed by atoms with E-state index in [0.29, 0.717) is 13.0 Å². The summed E-state index contributed by atoms with van der Waals surface area (Å²) in [5.74, 6) is -0.0762. The predicted octanol–water partition coefficient (Wildman–Crippen LogP) is 1.10. The van der Waals surface area contributed by atoms with E-state index in [9.17, 15) is 13.5 Å². The van der Waals surface area contributed by atoms with Crippen molar-refractivity contribution in [1.29, 1.82) is 0 Å².